The number of methoxy groups -OCH3 is 1. The van der Waals surface area contributed by atoms with Crippen molar-refractivity contribution in [1.29, 1.82) is 0 Å². The third-order valence-corrected chi connectivity index (χ3v) is 7.89. The molecule has 0 spiro atoms. The molecule has 1 aliphatic rings. The van der Waals surface area contributed by atoms with Crippen molar-refractivity contribution in [2.75, 3.05) is 18.6 Å². The van der Waals surface area contributed by atoms with Crippen LogP contribution in [0.3, 0.4) is 0 Å². The van der Waals surface area contributed by atoms with Gasteiger partial charge in [0.1, 0.15) is 11.6 Å². The first-order valence-corrected chi connectivity index (χ1v) is 12.7. The van der Waals surface area contributed by atoms with Crippen LogP contribution in [0.2, 0.25) is 0 Å². The van der Waals surface area contributed by atoms with Gasteiger partial charge in [0.2, 0.25) is 0 Å². The molecule has 1 fully saturated rings. The Morgan fingerprint density at radius 3 is 2.59 bits per heavy atom. The first-order valence-electron chi connectivity index (χ1n) is 10.9. The average Bonchev–Trinajstić information content (AvgIpc) is 3.38. The van der Waals surface area contributed by atoms with Crippen LogP contribution in [0.15, 0.2) is 72.9 Å². The number of hydrogen-bond acceptors (Lipinski definition) is 4. The van der Waals surface area contributed by atoms with Crippen LogP contribution in [-0.4, -0.2) is 43.5 Å². The summed E-state index contributed by atoms with van der Waals surface area (Å²) in [6.07, 6.45) is 2.38. The van der Waals surface area contributed by atoms with Crippen LogP contribution in [0.5, 0.6) is 5.75 Å². The second kappa shape index (κ2) is 8.61. The van der Waals surface area contributed by atoms with E-state index in [-0.39, 0.29) is 29.3 Å². The van der Waals surface area contributed by atoms with E-state index in [1.165, 1.54) is 12.1 Å². The molecule has 1 N–H and O–H groups in total. The monoisotopic (exact) mass is 478 g/mol. The molecule has 34 heavy (non-hydrogen) atoms. The van der Waals surface area contributed by atoms with Gasteiger partial charge in [0.15, 0.2) is 9.84 Å². The zero-order chi connectivity index (χ0) is 23.9. The van der Waals surface area contributed by atoms with Crippen molar-refractivity contribution in [1.82, 2.24) is 9.88 Å². The number of carbonyl (C=O) groups is 1. The van der Waals surface area contributed by atoms with Crippen molar-refractivity contribution < 1.29 is 22.3 Å². The molecule has 1 saturated heterocycles. The number of amides is 1. The largest absolute Gasteiger partial charge is 0.497 e. The van der Waals surface area contributed by atoms with E-state index in [1.54, 1.807) is 31.4 Å². The summed E-state index contributed by atoms with van der Waals surface area (Å²) in [5.74, 6) is 0.127. The summed E-state index contributed by atoms with van der Waals surface area (Å²) in [6, 6.07) is 18.8. The highest BCUT2D eigenvalue weighted by Crippen LogP contribution is 2.35. The van der Waals surface area contributed by atoms with Crippen LogP contribution in [0.1, 0.15) is 16.8 Å². The molecule has 0 saturated carbocycles. The zero-order valence-corrected chi connectivity index (χ0v) is 19.3. The summed E-state index contributed by atoms with van der Waals surface area (Å²) in [4.78, 5) is 12.9. The van der Waals surface area contributed by atoms with Gasteiger partial charge in [0.25, 0.3) is 5.91 Å². The minimum atomic E-state index is -3.10. The lowest BCUT2D eigenvalue weighted by Gasteiger charge is -2.12. The highest BCUT2D eigenvalue weighted by Gasteiger charge is 2.29. The second-order valence-corrected chi connectivity index (χ2v) is 10.7. The summed E-state index contributed by atoms with van der Waals surface area (Å²) in [6.45, 7) is 0. The van der Waals surface area contributed by atoms with Gasteiger partial charge in [-0.2, -0.15) is 0 Å². The predicted molar refractivity (Wildman–Crippen MR) is 130 cm³/mol. The molecule has 8 heteroatoms. The van der Waals surface area contributed by atoms with Gasteiger partial charge >= 0.3 is 0 Å². The maximum absolute atomic E-state index is 13.6. The molecule has 4 aromatic rings. The number of carbonyl (C=O) groups excluding carboxylic acids is 1. The minimum absolute atomic E-state index is 0.0348. The number of halogens is 1. The Bertz CT molecular complexity index is 1490. The van der Waals surface area contributed by atoms with Gasteiger partial charge in [0, 0.05) is 34.4 Å². The molecule has 5 rings (SSSR count). The molecule has 1 aliphatic heterocycles. The Kier molecular flexibility index (Phi) is 5.61. The lowest BCUT2D eigenvalue weighted by Crippen LogP contribution is -2.35. The lowest BCUT2D eigenvalue weighted by atomic mass is 10.0. The fraction of sp³-hybridized carbons (Fsp3) is 0.192. The number of sulfone groups is 1. The summed E-state index contributed by atoms with van der Waals surface area (Å²) < 4.78 is 44.4. The van der Waals surface area contributed by atoms with E-state index < -0.39 is 9.84 Å². The highest BCUT2D eigenvalue weighted by molar-refractivity contribution is 7.91. The van der Waals surface area contributed by atoms with E-state index in [2.05, 4.69) is 5.32 Å². The molecule has 1 atom stereocenters. The van der Waals surface area contributed by atoms with E-state index in [0.717, 1.165) is 33.5 Å². The maximum Gasteiger partial charge on any atom is 0.251 e. The van der Waals surface area contributed by atoms with Gasteiger partial charge in [-0.3, -0.25) is 4.79 Å². The Morgan fingerprint density at radius 2 is 1.88 bits per heavy atom. The first kappa shape index (κ1) is 22.2. The van der Waals surface area contributed by atoms with Crippen LogP contribution in [0.4, 0.5) is 4.39 Å². The molecule has 0 radical (unpaired) electrons. The number of hydrogen-bond donors (Lipinski definition) is 1. The molecule has 3 aromatic carbocycles. The molecule has 0 bridgehead atoms. The minimum Gasteiger partial charge on any atom is -0.497 e. The van der Waals surface area contributed by atoms with Crippen molar-refractivity contribution >= 4 is 26.6 Å². The van der Waals surface area contributed by atoms with E-state index in [1.807, 2.05) is 41.1 Å². The number of rotatable bonds is 5. The smallest absolute Gasteiger partial charge is 0.251 e. The Hall–Kier alpha value is -3.65. The van der Waals surface area contributed by atoms with E-state index >= 15 is 0 Å². The van der Waals surface area contributed by atoms with Gasteiger partial charge in [-0.1, -0.05) is 18.2 Å². The molecule has 6 nitrogen and oxygen atoms in total. The number of ether oxygens (including phenoxy) is 1. The fourth-order valence-corrected chi connectivity index (χ4v) is 6.06. The SMILES string of the molecule is COc1cccc(-c2cn(-c3ccc(F)cc3)c3cc(C(=O)NC4CCS(=O)(=O)C4)ccc23)c1. The Balaban J connectivity index is 1.59. The fourth-order valence-electron chi connectivity index (χ4n) is 4.38. The second-order valence-electron chi connectivity index (χ2n) is 8.43. The van der Waals surface area contributed by atoms with Gasteiger partial charge in [0.05, 0.1) is 24.1 Å². The number of benzene rings is 3. The Labute approximate surface area is 196 Å². The highest BCUT2D eigenvalue weighted by atomic mass is 32.2. The quantitative estimate of drug-likeness (QED) is 0.462. The topological polar surface area (TPSA) is 77.4 Å². The third kappa shape index (κ3) is 4.28. The molecular weight excluding hydrogens is 455 g/mol. The summed E-state index contributed by atoms with van der Waals surface area (Å²) in [5.41, 5.74) is 3.83. The average molecular weight is 479 g/mol. The molecule has 1 amide bonds. The molecule has 1 aromatic heterocycles. The molecule has 2 heterocycles. The standard InChI is InChI=1S/C26H23FN2O4S/c1-33-22-4-2-3-17(13-22)24-15-29(21-8-6-19(27)7-9-21)25-14-18(5-10-23(24)25)26(30)28-20-11-12-34(31,32)16-20/h2-10,13-15,20H,11-12,16H2,1H3,(H,28,30). The van der Waals surface area contributed by atoms with Gasteiger partial charge < -0.3 is 14.6 Å². The Morgan fingerprint density at radius 1 is 1.09 bits per heavy atom. The van der Waals surface area contributed by atoms with Crippen LogP contribution in [-0.2, 0) is 9.84 Å². The lowest BCUT2D eigenvalue weighted by molar-refractivity contribution is 0.0941. The molecule has 0 aliphatic carbocycles. The van der Waals surface area contributed by atoms with Crippen molar-refractivity contribution in [2.45, 2.75) is 12.5 Å². The van der Waals surface area contributed by atoms with Crippen molar-refractivity contribution in [2.24, 2.45) is 0 Å². The van der Waals surface area contributed by atoms with Crippen LogP contribution in [0, 0.1) is 5.82 Å². The van der Waals surface area contributed by atoms with Gasteiger partial charge in [-0.15, -0.1) is 0 Å². The zero-order valence-electron chi connectivity index (χ0n) is 18.5. The molecule has 1 unspecified atom stereocenters. The maximum atomic E-state index is 13.6. The van der Waals surface area contributed by atoms with E-state index in [4.69, 9.17) is 4.74 Å². The first-order chi connectivity index (χ1) is 16.3. The number of nitrogens with zero attached hydrogens (tertiary/aromatic N) is 1. The normalized spacial score (nSPS) is 17.1. The van der Waals surface area contributed by atoms with Crippen molar-refractivity contribution in [3.8, 4) is 22.6 Å². The van der Waals surface area contributed by atoms with Crippen LogP contribution >= 0.6 is 0 Å². The van der Waals surface area contributed by atoms with Crippen molar-refractivity contribution in [3.63, 3.8) is 0 Å². The van der Waals surface area contributed by atoms with Crippen LogP contribution < -0.4 is 10.1 Å². The number of aromatic nitrogens is 1. The number of fused-ring (bicyclic) bond motifs is 1. The van der Waals surface area contributed by atoms with Crippen LogP contribution in [0.25, 0.3) is 27.7 Å². The number of nitrogens with one attached hydrogen (secondary N) is 1. The summed E-state index contributed by atoms with van der Waals surface area (Å²) in [7, 11) is -1.48. The summed E-state index contributed by atoms with van der Waals surface area (Å²) >= 11 is 0. The molecular formula is C26H23FN2O4S. The molecule has 174 valence electrons. The van der Waals surface area contributed by atoms with E-state index in [0.29, 0.717) is 12.0 Å². The summed E-state index contributed by atoms with van der Waals surface area (Å²) in [5, 5.41) is 3.76. The van der Waals surface area contributed by atoms with Gasteiger partial charge in [-0.25, -0.2) is 12.8 Å². The van der Waals surface area contributed by atoms with E-state index in [9.17, 15) is 17.6 Å². The third-order valence-electron chi connectivity index (χ3n) is 6.12. The van der Waals surface area contributed by atoms with Gasteiger partial charge in [-0.05, 0) is 60.5 Å². The predicted octanol–water partition coefficient (Wildman–Crippen LogP) is 4.36. The van der Waals surface area contributed by atoms with Crippen molar-refractivity contribution in [3.05, 3.63) is 84.3 Å².